The van der Waals surface area contributed by atoms with Gasteiger partial charge in [0.1, 0.15) is 5.82 Å². The molecule has 0 amide bonds. The Labute approximate surface area is 126 Å². The van der Waals surface area contributed by atoms with E-state index in [4.69, 9.17) is 4.74 Å². The first-order valence-corrected chi connectivity index (χ1v) is 7.85. The molecule has 0 radical (unpaired) electrons. The lowest BCUT2D eigenvalue weighted by molar-refractivity contribution is -0.0274. The molecule has 0 spiro atoms. The van der Waals surface area contributed by atoms with Gasteiger partial charge in [-0.15, -0.1) is 0 Å². The predicted octanol–water partition coefficient (Wildman–Crippen LogP) is 3.50. The minimum atomic E-state index is -0.579. The van der Waals surface area contributed by atoms with Gasteiger partial charge in [0.25, 0.3) is 0 Å². The van der Waals surface area contributed by atoms with Crippen molar-refractivity contribution in [3.8, 4) is 0 Å². The molecule has 0 saturated heterocycles. The van der Waals surface area contributed by atoms with Gasteiger partial charge in [-0.25, -0.2) is 4.39 Å². The maximum atomic E-state index is 13.4. The van der Waals surface area contributed by atoms with Gasteiger partial charge >= 0.3 is 0 Å². The summed E-state index contributed by atoms with van der Waals surface area (Å²) in [4.78, 5) is 0. The van der Waals surface area contributed by atoms with Crippen molar-refractivity contribution >= 4 is 5.69 Å². The van der Waals surface area contributed by atoms with Crippen LogP contribution in [0.5, 0.6) is 0 Å². The zero-order valence-corrected chi connectivity index (χ0v) is 12.9. The standard InChI is InChI=1S/C17H26FNO2/c1-12-5-3-6-15(9-12)21-11-14(20)10-19-17-8-4-7-16(18)13(17)2/h4,7-8,12,14-15,19-20H,3,5-6,9-11H2,1-2H3. The Hall–Kier alpha value is -1.13. The molecule has 3 unspecified atom stereocenters. The summed E-state index contributed by atoms with van der Waals surface area (Å²) < 4.78 is 19.2. The van der Waals surface area contributed by atoms with Gasteiger partial charge in [-0.3, -0.25) is 0 Å². The van der Waals surface area contributed by atoms with Gasteiger partial charge in [0.05, 0.1) is 18.8 Å². The molecular formula is C17H26FNO2. The van der Waals surface area contributed by atoms with E-state index in [9.17, 15) is 9.50 Å². The van der Waals surface area contributed by atoms with Crippen molar-refractivity contribution in [2.75, 3.05) is 18.5 Å². The van der Waals surface area contributed by atoms with E-state index < -0.39 is 6.10 Å². The molecule has 0 bridgehead atoms. The second kappa shape index (κ2) is 7.76. The molecule has 2 rings (SSSR count). The third-order valence-electron chi connectivity index (χ3n) is 4.21. The Morgan fingerprint density at radius 1 is 1.43 bits per heavy atom. The summed E-state index contributed by atoms with van der Waals surface area (Å²) in [5.74, 6) is 0.482. The van der Waals surface area contributed by atoms with Crippen molar-refractivity contribution in [3.05, 3.63) is 29.6 Å². The van der Waals surface area contributed by atoms with E-state index in [1.54, 1.807) is 13.0 Å². The van der Waals surface area contributed by atoms with Crippen LogP contribution < -0.4 is 5.32 Å². The molecular weight excluding hydrogens is 269 g/mol. The van der Waals surface area contributed by atoms with Gasteiger partial charge in [-0.1, -0.05) is 25.8 Å². The lowest BCUT2D eigenvalue weighted by atomic mass is 9.89. The summed E-state index contributed by atoms with van der Waals surface area (Å²) in [6.45, 7) is 4.68. The fraction of sp³-hybridized carbons (Fsp3) is 0.647. The number of aliphatic hydroxyl groups excluding tert-OH is 1. The van der Waals surface area contributed by atoms with Crippen LogP contribution >= 0.6 is 0 Å². The highest BCUT2D eigenvalue weighted by atomic mass is 19.1. The van der Waals surface area contributed by atoms with Crippen molar-refractivity contribution in [2.45, 2.75) is 51.7 Å². The summed E-state index contributed by atoms with van der Waals surface area (Å²) >= 11 is 0. The molecule has 0 aromatic heterocycles. The fourth-order valence-corrected chi connectivity index (χ4v) is 2.86. The lowest BCUT2D eigenvalue weighted by Gasteiger charge is -2.27. The number of nitrogens with one attached hydrogen (secondary N) is 1. The minimum absolute atomic E-state index is 0.234. The van der Waals surface area contributed by atoms with Gasteiger partial charge in [-0.05, 0) is 37.8 Å². The summed E-state index contributed by atoms with van der Waals surface area (Å²) in [7, 11) is 0. The molecule has 3 atom stereocenters. The number of hydrogen-bond donors (Lipinski definition) is 2. The largest absolute Gasteiger partial charge is 0.389 e. The first-order chi connectivity index (χ1) is 10.1. The maximum Gasteiger partial charge on any atom is 0.128 e. The fourth-order valence-electron chi connectivity index (χ4n) is 2.86. The molecule has 1 aliphatic rings. The first-order valence-electron chi connectivity index (χ1n) is 7.85. The Bertz CT molecular complexity index is 452. The summed E-state index contributed by atoms with van der Waals surface area (Å²) in [6.07, 6.45) is 4.37. The summed E-state index contributed by atoms with van der Waals surface area (Å²) in [5.41, 5.74) is 1.30. The molecule has 1 aromatic carbocycles. The molecule has 1 aromatic rings. The molecule has 21 heavy (non-hydrogen) atoms. The number of aliphatic hydroxyl groups is 1. The average Bonchev–Trinajstić information content (AvgIpc) is 2.47. The highest BCUT2D eigenvalue weighted by Gasteiger charge is 2.20. The topological polar surface area (TPSA) is 41.5 Å². The van der Waals surface area contributed by atoms with Gasteiger partial charge in [0.15, 0.2) is 0 Å². The van der Waals surface area contributed by atoms with Crippen LogP contribution in [-0.2, 0) is 4.74 Å². The third kappa shape index (κ3) is 4.97. The van der Waals surface area contributed by atoms with Crippen LogP contribution in [0, 0.1) is 18.7 Å². The molecule has 0 heterocycles. The monoisotopic (exact) mass is 295 g/mol. The Morgan fingerprint density at radius 3 is 3.00 bits per heavy atom. The summed E-state index contributed by atoms with van der Waals surface area (Å²) in [6, 6.07) is 4.91. The van der Waals surface area contributed by atoms with E-state index in [1.807, 2.05) is 6.07 Å². The number of hydrogen-bond acceptors (Lipinski definition) is 3. The van der Waals surface area contributed by atoms with Crippen molar-refractivity contribution in [3.63, 3.8) is 0 Å². The van der Waals surface area contributed by atoms with Gasteiger partial charge in [0, 0.05) is 17.8 Å². The predicted molar refractivity (Wildman–Crippen MR) is 83.0 cm³/mol. The van der Waals surface area contributed by atoms with Crippen LogP contribution in [0.1, 0.15) is 38.2 Å². The van der Waals surface area contributed by atoms with Crippen molar-refractivity contribution < 1.29 is 14.2 Å². The van der Waals surface area contributed by atoms with E-state index in [-0.39, 0.29) is 11.9 Å². The number of benzene rings is 1. The highest BCUT2D eigenvalue weighted by molar-refractivity contribution is 5.50. The Kier molecular flexibility index (Phi) is 6.00. The van der Waals surface area contributed by atoms with E-state index in [1.165, 1.54) is 18.9 Å². The highest BCUT2D eigenvalue weighted by Crippen LogP contribution is 2.25. The van der Waals surface area contributed by atoms with Crippen LogP contribution in [0.15, 0.2) is 18.2 Å². The normalized spacial score (nSPS) is 23.8. The van der Waals surface area contributed by atoms with Gasteiger partial charge in [-0.2, -0.15) is 0 Å². The Morgan fingerprint density at radius 2 is 2.24 bits per heavy atom. The number of halogens is 1. The Balaban J connectivity index is 1.72. The molecule has 0 aliphatic heterocycles. The maximum absolute atomic E-state index is 13.4. The van der Waals surface area contributed by atoms with Crippen LogP contribution in [0.25, 0.3) is 0 Å². The minimum Gasteiger partial charge on any atom is -0.389 e. The number of ether oxygens (including phenoxy) is 1. The first kappa shape index (κ1) is 16.2. The van der Waals surface area contributed by atoms with Crippen molar-refractivity contribution in [1.82, 2.24) is 0 Å². The summed E-state index contributed by atoms with van der Waals surface area (Å²) in [5, 5.41) is 13.1. The quantitative estimate of drug-likeness (QED) is 0.844. The van der Waals surface area contributed by atoms with E-state index >= 15 is 0 Å². The number of anilines is 1. The molecule has 3 nitrogen and oxygen atoms in total. The number of rotatable bonds is 6. The van der Waals surface area contributed by atoms with E-state index in [0.29, 0.717) is 24.6 Å². The molecule has 118 valence electrons. The van der Waals surface area contributed by atoms with Crippen LogP contribution in [0.3, 0.4) is 0 Å². The average molecular weight is 295 g/mol. The second-order valence-corrected chi connectivity index (χ2v) is 6.17. The molecule has 1 aliphatic carbocycles. The third-order valence-corrected chi connectivity index (χ3v) is 4.21. The van der Waals surface area contributed by atoms with Crippen molar-refractivity contribution in [1.29, 1.82) is 0 Å². The zero-order valence-electron chi connectivity index (χ0n) is 12.9. The molecule has 1 fully saturated rings. The van der Waals surface area contributed by atoms with Crippen molar-refractivity contribution in [2.24, 2.45) is 5.92 Å². The van der Waals surface area contributed by atoms with Gasteiger partial charge in [0.2, 0.25) is 0 Å². The van der Waals surface area contributed by atoms with Crippen LogP contribution in [0.4, 0.5) is 10.1 Å². The van der Waals surface area contributed by atoms with Gasteiger partial charge < -0.3 is 15.2 Å². The molecule has 2 N–H and O–H groups in total. The van der Waals surface area contributed by atoms with E-state index in [0.717, 1.165) is 18.5 Å². The smallest absolute Gasteiger partial charge is 0.128 e. The molecule has 1 saturated carbocycles. The second-order valence-electron chi connectivity index (χ2n) is 6.17. The van der Waals surface area contributed by atoms with E-state index in [2.05, 4.69) is 12.2 Å². The molecule has 4 heteroatoms. The SMILES string of the molecule is Cc1c(F)cccc1NCC(O)COC1CCCC(C)C1. The lowest BCUT2D eigenvalue weighted by Crippen LogP contribution is -2.30. The van der Waals surface area contributed by atoms with Crippen LogP contribution in [0.2, 0.25) is 0 Å². The van der Waals surface area contributed by atoms with Crippen LogP contribution in [-0.4, -0.2) is 30.5 Å². The zero-order chi connectivity index (χ0) is 15.2.